The van der Waals surface area contributed by atoms with Crippen LogP contribution in [0.15, 0.2) is 48.5 Å². The molecule has 2 rings (SSSR count). The predicted molar refractivity (Wildman–Crippen MR) is 87.3 cm³/mol. The first kappa shape index (κ1) is 17.5. The average molecular weight is 331 g/mol. The smallest absolute Gasteiger partial charge is 0.347 e. The van der Waals surface area contributed by atoms with Crippen LogP contribution in [0, 0.1) is 12.7 Å². The van der Waals surface area contributed by atoms with Crippen molar-refractivity contribution in [2.45, 2.75) is 20.0 Å². The number of amides is 1. The summed E-state index contributed by atoms with van der Waals surface area (Å²) in [6.07, 6.45) is -0.850. The van der Waals surface area contributed by atoms with Gasteiger partial charge in [0, 0.05) is 5.69 Å². The van der Waals surface area contributed by atoms with E-state index in [2.05, 4.69) is 5.32 Å². The lowest BCUT2D eigenvalue weighted by Gasteiger charge is -2.14. The molecule has 5 nitrogen and oxygen atoms in total. The van der Waals surface area contributed by atoms with Crippen LogP contribution in [0.4, 0.5) is 10.1 Å². The third-order valence-electron chi connectivity index (χ3n) is 3.19. The first-order valence-corrected chi connectivity index (χ1v) is 7.40. The topological polar surface area (TPSA) is 64.6 Å². The summed E-state index contributed by atoms with van der Waals surface area (Å²) in [5.74, 6) is -1.11. The molecule has 0 aliphatic carbocycles. The molecule has 1 N–H and O–H groups in total. The lowest BCUT2D eigenvalue weighted by atomic mass is 10.2. The molecule has 0 aliphatic heterocycles. The number of aryl methyl sites for hydroxylation is 1. The number of para-hydroxylation sites is 1. The maximum Gasteiger partial charge on any atom is 0.347 e. The van der Waals surface area contributed by atoms with Gasteiger partial charge in [0.05, 0.1) is 0 Å². The second kappa shape index (κ2) is 8.10. The molecule has 126 valence electrons. The number of halogens is 1. The number of carbonyl (C=O) groups is 2. The summed E-state index contributed by atoms with van der Waals surface area (Å²) in [5.41, 5.74) is 0.777. The van der Waals surface area contributed by atoms with Crippen LogP contribution in [0.1, 0.15) is 12.5 Å². The molecular formula is C18H18FNO4. The number of rotatable bonds is 6. The summed E-state index contributed by atoms with van der Waals surface area (Å²) in [5, 5.41) is 2.46. The fourth-order valence-corrected chi connectivity index (χ4v) is 1.87. The van der Waals surface area contributed by atoms with Crippen molar-refractivity contribution in [3.05, 3.63) is 59.9 Å². The molecule has 0 heterocycles. The molecule has 0 spiro atoms. The van der Waals surface area contributed by atoms with Crippen molar-refractivity contribution in [2.75, 3.05) is 11.9 Å². The van der Waals surface area contributed by atoms with Crippen molar-refractivity contribution in [3.63, 3.8) is 0 Å². The van der Waals surface area contributed by atoms with Crippen molar-refractivity contribution in [2.24, 2.45) is 0 Å². The highest BCUT2D eigenvalue weighted by atomic mass is 19.1. The average Bonchev–Trinajstić information content (AvgIpc) is 2.57. The summed E-state index contributed by atoms with van der Waals surface area (Å²) >= 11 is 0. The molecule has 0 saturated carbocycles. The van der Waals surface area contributed by atoms with Gasteiger partial charge < -0.3 is 14.8 Å². The molecule has 0 aliphatic rings. The van der Waals surface area contributed by atoms with Crippen molar-refractivity contribution in [1.29, 1.82) is 0 Å². The van der Waals surface area contributed by atoms with E-state index in [1.807, 2.05) is 6.07 Å². The normalized spacial score (nSPS) is 11.5. The zero-order valence-corrected chi connectivity index (χ0v) is 13.4. The van der Waals surface area contributed by atoms with Gasteiger partial charge in [-0.3, -0.25) is 4.79 Å². The standard InChI is InChI=1S/C18H18FNO4/c1-12-8-9-14(10-16(12)19)20-17(21)11-23-18(22)13(2)24-15-6-4-3-5-7-15/h3-10,13H,11H2,1-2H3,(H,20,21)/t13-/m1/s1. The van der Waals surface area contributed by atoms with Crippen LogP contribution in [-0.2, 0) is 14.3 Å². The van der Waals surface area contributed by atoms with Gasteiger partial charge >= 0.3 is 5.97 Å². The van der Waals surface area contributed by atoms with E-state index in [1.54, 1.807) is 43.3 Å². The van der Waals surface area contributed by atoms with E-state index in [1.165, 1.54) is 13.0 Å². The molecule has 0 bridgehead atoms. The Labute approximate surface area is 139 Å². The Morgan fingerprint density at radius 1 is 1.17 bits per heavy atom. The van der Waals surface area contributed by atoms with Crippen LogP contribution in [0.2, 0.25) is 0 Å². The molecule has 2 aromatic rings. The third kappa shape index (κ3) is 5.08. The maximum absolute atomic E-state index is 13.4. The fraction of sp³-hybridized carbons (Fsp3) is 0.222. The highest BCUT2D eigenvalue weighted by Gasteiger charge is 2.17. The van der Waals surface area contributed by atoms with Crippen LogP contribution >= 0.6 is 0 Å². The predicted octanol–water partition coefficient (Wildman–Crippen LogP) is 3.08. The molecule has 1 atom stereocenters. The Hall–Kier alpha value is -2.89. The number of hydrogen-bond donors (Lipinski definition) is 1. The lowest BCUT2D eigenvalue weighted by molar-refractivity contribution is -0.153. The summed E-state index contributed by atoms with van der Waals surface area (Å²) in [6.45, 7) is 2.68. The van der Waals surface area contributed by atoms with E-state index in [0.29, 0.717) is 17.0 Å². The van der Waals surface area contributed by atoms with Crippen LogP contribution < -0.4 is 10.1 Å². The van der Waals surface area contributed by atoms with E-state index >= 15 is 0 Å². The molecule has 0 aromatic heterocycles. The second-order valence-corrected chi connectivity index (χ2v) is 5.19. The Balaban J connectivity index is 1.80. The molecule has 0 radical (unpaired) electrons. The zero-order chi connectivity index (χ0) is 17.5. The first-order valence-electron chi connectivity index (χ1n) is 7.40. The van der Waals surface area contributed by atoms with Gasteiger partial charge in [-0.25, -0.2) is 9.18 Å². The monoisotopic (exact) mass is 331 g/mol. The summed E-state index contributed by atoms with van der Waals surface area (Å²) in [7, 11) is 0. The van der Waals surface area contributed by atoms with Crippen LogP contribution in [-0.4, -0.2) is 24.6 Å². The van der Waals surface area contributed by atoms with Gasteiger partial charge in [-0.1, -0.05) is 24.3 Å². The van der Waals surface area contributed by atoms with Gasteiger partial charge in [-0.2, -0.15) is 0 Å². The van der Waals surface area contributed by atoms with Crippen LogP contribution in [0.25, 0.3) is 0 Å². The number of hydrogen-bond acceptors (Lipinski definition) is 4. The van der Waals surface area contributed by atoms with Gasteiger partial charge in [0.15, 0.2) is 12.7 Å². The molecule has 24 heavy (non-hydrogen) atoms. The first-order chi connectivity index (χ1) is 11.5. The minimum atomic E-state index is -0.850. The minimum absolute atomic E-state index is 0.299. The summed E-state index contributed by atoms with van der Waals surface area (Å²) in [4.78, 5) is 23.6. The highest BCUT2D eigenvalue weighted by Crippen LogP contribution is 2.14. The van der Waals surface area contributed by atoms with Gasteiger partial charge in [-0.05, 0) is 43.7 Å². The van der Waals surface area contributed by atoms with Crippen molar-refractivity contribution < 1.29 is 23.5 Å². The van der Waals surface area contributed by atoms with Gasteiger partial charge in [0.2, 0.25) is 0 Å². The maximum atomic E-state index is 13.4. The third-order valence-corrected chi connectivity index (χ3v) is 3.19. The molecule has 2 aromatic carbocycles. The fourth-order valence-electron chi connectivity index (χ4n) is 1.87. The van der Waals surface area contributed by atoms with E-state index < -0.39 is 30.4 Å². The summed E-state index contributed by atoms with van der Waals surface area (Å²) in [6, 6.07) is 13.1. The summed E-state index contributed by atoms with van der Waals surface area (Å²) < 4.78 is 23.7. The molecule has 0 saturated heterocycles. The van der Waals surface area contributed by atoms with Crippen LogP contribution in [0.5, 0.6) is 5.75 Å². The Bertz CT molecular complexity index is 718. The Kier molecular flexibility index (Phi) is 5.89. The second-order valence-electron chi connectivity index (χ2n) is 5.19. The minimum Gasteiger partial charge on any atom is -0.479 e. The van der Waals surface area contributed by atoms with Crippen molar-refractivity contribution in [1.82, 2.24) is 0 Å². The van der Waals surface area contributed by atoms with E-state index in [-0.39, 0.29) is 0 Å². The number of esters is 1. The quantitative estimate of drug-likeness (QED) is 0.826. The van der Waals surface area contributed by atoms with Gasteiger partial charge in [0.1, 0.15) is 11.6 Å². The zero-order valence-electron chi connectivity index (χ0n) is 13.4. The number of anilines is 1. The van der Waals surface area contributed by atoms with Gasteiger partial charge in [-0.15, -0.1) is 0 Å². The molecule has 0 unspecified atom stereocenters. The lowest BCUT2D eigenvalue weighted by Crippen LogP contribution is -2.29. The SMILES string of the molecule is Cc1ccc(NC(=O)COC(=O)[C@@H](C)Oc2ccccc2)cc1F. The van der Waals surface area contributed by atoms with Crippen molar-refractivity contribution in [3.8, 4) is 5.75 Å². The Morgan fingerprint density at radius 2 is 1.88 bits per heavy atom. The van der Waals surface area contributed by atoms with E-state index in [9.17, 15) is 14.0 Å². The molecule has 1 amide bonds. The van der Waals surface area contributed by atoms with Crippen molar-refractivity contribution >= 4 is 17.6 Å². The molecular weight excluding hydrogens is 313 g/mol. The van der Waals surface area contributed by atoms with Crippen LogP contribution in [0.3, 0.4) is 0 Å². The molecule has 0 fully saturated rings. The largest absolute Gasteiger partial charge is 0.479 e. The number of ether oxygens (including phenoxy) is 2. The number of carbonyl (C=O) groups excluding carboxylic acids is 2. The van der Waals surface area contributed by atoms with E-state index in [0.717, 1.165) is 0 Å². The highest BCUT2D eigenvalue weighted by molar-refractivity contribution is 5.93. The van der Waals surface area contributed by atoms with Gasteiger partial charge in [0.25, 0.3) is 5.91 Å². The number of benzene rings is 2. The molecule has 6 heteroatoms. The van der Waals surface area contributed by atoms with E-state index in [4.69, 9.17) is 9.47 Å². The Morgan fingerprint density at radius 3 is 2.54 bits per heavy atom. The number of nitrogens with one attached hydrogen (secondary N) is 1.